The summed E-state index contributed by atoms with van der Waals surface area (Å²) in [5.74, 6) is -0.829. The number of hydrogen-bond acceptors (Lipinski definition) is 4. The van der Waals surface area contributed by atoms with Gasteiger partial charge in [-0.1, -0.05) is 18.2 Å². The van der Waals surface area contributed by atoms with E-state index in [1.807, 2.05) is 26.0 Å². The Labute approximate surface area is 149 Å². The van der Waals surface area contributed by atoms with E-state index in [0.29, 0.717) is 5.75 Å². The average Bonchev–Trinajstić information content (AvgIpc) is 2.60. The second-order valence-electron chi connectivity index (χ2n) is 5.47. The molecule has 2 N–H and O–H groups in total. The summed E-state index contributed by atoms with van der Waals surface area (Å²) in [4.78, 5) is 23.7. The first-order chi connectivity index (χ1) is 12.3. The summed E-state index contributed by atoms with van der Waals surface area (Å²) in [5.41, 5.74) is 6.30. The van der Waals surface area contributed by atoms with Crippen LogP contribution in [-0.4, -0.2) is 25.0 Å². The molecule has 0 aliphatic heterocycles. The summed E-state index contributed by atoms with van der Waals surface area (Å²) >= 11 is 0. The molecular weight excluding hydrogens is 346 g/mol. The molecular formula is C18H18F2N2O4. The van der Waals surface area contributed by atoms with Gasteiger partial charge in [-0.25, -0.2) is 0 Å². The second-order valence-corrected chi connectivity index (χ2v) is 5.47. The lowest BCUT2D eigenvalue weighted by atomic mass is 10.1. The van der Waals surface area contributed by atoms with Crippen LogP contribution in [0.5, 0.6) is 11.5 Å². The number of hydrogen-bond donors (Lipinski definition) is 2. The lowest BCUT2D eigenvalue weighted by molar-refractivity contribution is -0.123. The first kappa shape index (κ1) is 19.2. The minimum Gasteiger partial charge on any atom is -0.483 e. The molecule has 138 valence electrons. The van der Waals surface area contributed by atoms with Gasteiger partial charge in [0.15, 0.2) is 6.61 Å². The molecule has 2 aromatic carbocycles. The molecule has 0 heterocycles. The van der Waals surface area contributed by atoms with Crippen LogP contribution in [-0.2, 0) is 4.79 Å². The standard InChI is InChI=1S/C18H18F2N2O4/c1-11-6-7-12(2)15(8-11)25-10-16(23)21-22-17(24)13-4-3-5-14(9-13)26-18(19)20/h3-9,18H,10H2,1-2H3,(H,21,23)(H,22,24). The van der Waals surface area contributed by atoms with Crippen molar-refractivity contribution >= 4 is 11.8 Å². The normalized spacial score (nSPS) is 10.3. The molecule has 0 atom stereocenters. The minimum atomic E-state index is -2.99. The lowest BCUT2D eigenvalue weighted by Gasteiger charge is -2.11. The van der Waals surface area contributed by atoms with Crippen molar-refractivity contribution in [2.45, 2.75) is 20.5 Å². The van der Waals surface area contributed by atoms with Gasteiger partial charge in [-0.15, -0.1) is 0 Å². The third-order valence-electron chi connectivity index (χ3n) is 3.34. The van der Waals surface area contributed by atoms with Gasteiger partial charge in [-0.2, -0.15) is 8.78 Å². The molecule has 8 heteroatoms. The molecule has 0 bridgehead atoms. The third kappa shape index (κ3) is 5.73. The molecule has 2 aromatic rings. The number of carbonyl (C=O) groups excluding carboxylic acids is 2. The summed E-state index contributed by atoms with van der Waals surface area (Å²) in [6.07, 6.45) is 0. The van der Waals surface area contributed by atoms with E-state index in [1.165, 1.54) is 18.2 Å². The average molecular weight is 364 g/mol. The van der Waals surface area contributed by atoms with Crippen molar-refractivity contribution in [3.05, 3.63) is 59.2 Å². The summed E-state index contributed by atoms with van der Waals surface area (Å²) in [6.45, 7) is 0.468. The Balaban J connectivity index is 1.85. The van der Waals surface area contributed by atoms with Crippen LogP contribution in [0.2, 0.25) is 0 Å². The van der Waals surface area contributed by atoms with Crippen LogP contribution in [0, 0.1) is 13.8 Å². The van der Waals surface area contributed by atoms with Crippen molar-refractivity contribution in [3.8, 4) is 11.5 Å². The fourth-order valence-electron chi connectivity index (χ4n) is 2.05. The molecule has 0 aliphatic carbocycles. The van der Waals surface area contributed by atoms with Crippen LogP contribution < -0.4 is 20.3 Å². The molecule has 0 fully saturated rings. The Hall–Kier alpha value is -3.16. The van der Waals surface area contributed by atoms with Gasteiger partial charge in [0.2, 0.25) is 0 Å². The molecule has 6 nitrogen and oxygen atoms in total. The summed E-state index contributed by atoms with van der Waals surface area (Å²) < 4.78 is 34.0. The summed E-state index contributed by atoms with van der Waals surface area (Å²) in [5, 5.41) is 0. The van der Waals surface area contributed by atoms with Crippen LogP contribution in [0.1, 0.15) is 21.5 Å². The van der Waals surface area contributed by atoms with E-state index >= 15 is 0 Å². The monoisotopic (exact) mass is 364 g/mol. The van der Waals surface area contributed by atoms with E-state index < -0.39 is 18.4 Å². The Morgan fingerprint density at radius 1 is 1.08 bits per heavy atom. The SMILES string of the molecule is Cc1ccc(C)c(OCC(=O)NNC(=O)c2cccc(OC(F)F)c2)c1. The predicted octanol–water partition coefficient (Wildman–Crippen LogP) is 2.74. The largest absolute Gasteiger partial charge is 0.483 e. The van der Waals surface area contributed by atoms with E-state index in [1.54, 1.807) is 6.07 Å². The highest BCUT2D eigenvalue weighted by atomic mass is 19.3. The van der Waals surface area contributed by atoms with Crippen molar-refractivity contribution in [1.29, 1.82) is 0 Å². The summed E-state index contributed by atoms with van der Waals surface area (Å²) in [6, 6.07) is 10.8. The van der Waals surface area contributed by atoms with E-state index in [-0.39, 0.29) is 17.9 Å². The quantitative estimate of drug-likeness (QED) is 0.773. The molecule has 0 aromatic heterocycles. The number of alkyl halides is 2. The van der Waals surface area contributed by atoms with Gasteiger partial charge in [0.1, 0.15) is 11.5 Å². The number of halogens is 2. The Kier molecular flexibility index (Phi) is 6.48. The van der Waals surface area contributed by atoms with Gasteiger partial charge >= 0.3 is 6.61 Å². The number of rotatable bonds is 6. The van der Waals surface area contributed by atoms with Gasteiger partial charge in [-0.05, 0) is 49.2 Å². The van der Waals surface area contributed by atoms with Crippen LogP contribution in [0.3, 0.4) is 0 Å². The Morgan fingerprint density at radius 3 is 2.58 bits per heavy atom. The van der Waals surface area contributed by atoms with Crippen LogP contribution >= 0.6 is 0 Å². The van der Waals surface area contributed by atoms with Gasteiger partial charge in [0, 0.05) is 5.56 Å². The maximum absolute atomic E-state index is 12.2. The molecule has 2 amide bonds. The number of nitrogens with one attached hydrogen (secondary N) is 2. The van der Waals surface area contributed by atoms with Gasteiger partial charge in [0.25, 0.3) is 11.8 Å². The van der Waals surface area contributed by atoms with E-state index in [9.17, 15) is 18.4 Å². The van der Waals surface area contributed by atoms with Gasteiger partial charge in [0.05, 0.1) is 0 Å². The number of benzene rings is 2. The first-order valence-corrected chi connectivity index (χ1v) is 7.69. The Morgan fingerprint density at radius 2 is 1.85 bits per heavy atom. The zero-order valence-corrected chi connectivity index (χ0v) is 14.2. The third-order valence-corrected chi connectivity index (χ3v) is 3.34. The highest BCUT2D eigenvalue weighted by Gasteiger charge is 2.11. The second kappa shape index (κ2) is 8.80. The van der Waals surface area contributed by atoms with Gasteiger partial charge < -0.3 is 9.47 Å². The lowest BCUT2D eigenvalue weighted by Crippen LogP contribution is -2.43. The maximum Gasteiger partial charge on any atom is 0.387 e. The zero-order valence-electron chi connectivity index (χ0n) is 14.2. The molecule has 0 saturated heterocycles. The molecule has 0 saturated carbocycles. The number of aryl methyl sites for hydroxylation is 2. The number of amides is 2. The van der Waals surface area contributed by atoms with Gasteiger partial charge in [-0.3, -0.25) is 20.4 Å². The number of ether oxygens (including phenoxy) is 2. The van der Waals surface area contributed by atoms with Crippen molar-refractivity contribution in [2.24, 2.45) is 0 Å². The van der Waals surface area contributed by atoms with Crippen LogP contribution in [0.4, 0.5) is 8.78 Å². The smallest absolute Gasteiger partial charge is 0.387 e. The van der Waals surface area contributed by atoms with Crippen LogP contribution in [0.15, 0.2) is 42.5 Å². The van der Waals surface area contributed by atoms with E-state index in [0.717, 1.165) is 17.2 Å². The van der Waals surface area contributed by atoms with Crippen molar-refractivity contribution < 1.29 is 27.8 Å². The van der Waals surface area contributed by atoms with Crippen molar-refractivity contribution in [1.82, 2.24) is 10.9 Å². The minimum absolute atomic E-state index is 0.0545. The highest BCUT2D eigenvalue weighted by Crippen LogP contribution is 2.19. The molecule has 0 aliphatic rings. The first-order valence-electron chi connectivity index (χ1n) is 7.69. The molecule has 0 unspecified atom stereocenters. The fraction of sp³-hybridized carbons (Fsp3) is 0.222. The molecule has 0 spiro atoms. The van der Waals surface area contributed by atoms with Crippen LogP contribution in [0.25, 0.3) is 0 Å². The van der Waals surface area contributed by atoms with E-state index in [4.69, 9.17) is 4.74 Å². The molecule has 0 radical (unpaired) electrons. The predicted molar refractivity (Wildman–Crippen MR) is 90.1 cm³/mol. The highest BCUT2D eigenvalue weighted by molar-refractivity contribution is 5.95. The summed E-state index contributed by atoms with van der Waals surface area (Å²) in [7, 11) is 0. The number of carbonyl (C=O) groups is 2. The zero-order chi connectivity index (χ0) is 19.1. The number of hydrazine groups is 1. The molecule has 26 heavy (non-hydrogen) atoms. The van der Waals surface area contributed by atoms with Crippen molar-refractivity contribution in [3.63, 3.8) is 0 Å². The fourth-order valence-corrected chi connectivity index (χ4v) is 2.05. The van der Waals surface area contributed by atoms with E-state index in [2.05, 4.69) is 15.6 Å². The maximum atomic E-state index is 12.2. The topological polar surface area (TPSA) is 76.7 Å². The van der Waals surface area contributed by atoms with Crippen molar-refractivity contribution in [2.75, 3.05) is 6.61 Å². The molecule has 2 rings (SSSR count). The Bertz CT molecular complexity index is 797.